The highest BCUT2D eigenvalue weighted by atomic mass is 79.9. The molecule has 1 aromatic heterocycles. The molecular weight excluding hydrogens is 336 g/mol. The maximum absolute atomic E-state index is 5.81. The van der Waals surface area contributed by atoms with Gasteiger partial charge in [-0.2, -0.15) is 5.10 Å². The van der Waals surface area contributed by atoms with E-state index in [0.717, 1.165) is 14.6 Å². The van der Waals surface area contributed by atoms with E-state index in [9.17, 15) is 0 Å². The average Bonchev–Trinajstić information content (AvgIpc) is 2.51. The number of hydrogen-bond donors (Lipinski definition) is 2. The topological polar surface area (TPSA) is 55.9 Å². The van der Waals surface area contributed by atoms with E-state index in [2.05, 4.69) is 42.3 Å². The lowest BCUT2D eigenvalue weighted by Gasteiger charge is -2.08. The van der Waals surface area contributed by atoms with Crippen LogP contribution in [0.2, 0.25) is 0 Å². The fourth-order valence-electron chi connectivity index (χ4n) is 1.34. The van der Waals surface area contributed by atoms with Gasteiger partial charge >= 0.3 is 0 Å². The Morgan fingerprint density at radius 3 is 2.44 bits per heavy atom. The van der Waals surface area contributed by atoms with Crippen molar-refractivity contribution in [3.63, 3.8) is 0 Å². The fourth-order valence-corrected chi connectivity index (χ4v) is 2.54. The molecule has 16 heavy (non-hydrogen) atoms. The van der Waals surface area contributed by atoms with Gasteiger partial charge in [0.2, 0.25) is 0 Å². The number of aryl methyl sites for hydroxylation is 1. The van der Waals surface area contributed by atoms with Crippen LogP contribution in [0.25, 0.3) is 0 Å². The van der Waals surface area contributed by atoms with Crippen LogP contribution in [0, 0.1) is 0 Å². The summed E-state index contributed by atoms with van der Waals surface area (Å²) in [6.45, 7) is 0. The Morgan fingerprint density at radius 2 is 1.94 bits per heavy atom. The number of nitrogens with zero attached hydrogens (tertiary/aromatic N) is 2. The predicted molar refractivity (Wildman–Crippen MR) is 72.7 cm³/mol. The molecule has 0 spiro atoms. The minimum absolute atomic E-state index is 0.616. The SMILES string of the molecule is Cn1cc(N)c(Nc2c(Br)cccc2Br)n1. The number of hydrogen-bond acceptors (Lipinski definition) is 3. The van der Waals surface area contributed by atoms with Crippen LogP contribution in [0.1, 0.15) is 0 Å². The molecule has 84 valence electrons. The van der Waals surface area contributed by atoms with Crippen LogP contribution >= 0.6 is 31.9 Å². The lowest BCUT2D eigenvalue weighted by Crippen LogP contribution is -1.97. The molecule has 6 heteroatoms. The summed E-state index contributed by atoms with van der Waals surface area (Å²) in [4.78, 5) is 0. The van der Waals surface area contributed by atoms with Crippen LogP contribution in [0.4, 0.5) is 17.2 Å². The molecule has 0 unspecified atom stereocenters. The maximum atomic E-state index is 5.81. The first-order valence-corrected chi connectivity index (χ1v) is 6.16. The van der Waals surface area contributed by atoms with Gasteiger partial charge in [-0.1, -0.05) is 6.07 Å². The summed E-state index contributed by atoms with van der Waals surface area (Å²) in [5.41, 5.74) is 7.34. The van der Waals surface area contributed by atoms with Gasteiger partial charge < -0.3 is 11.1 Å². The number of benzene rings is 1. The number of nitrogen functional groups attached to an aromatic ring is 1. The fraction of sp³-hybridized carbons (Fsp3) is 0.100. The predicted octanol–water partition coefficient (Wildman–Crippen LogP) is 3.27. The third kappa shape index (κ3) is 2.22. The van der Waals surface area contributed by atoms with Gasteiger partial charge in [0.05, 0.1) is 11.4 Å². The molecule has 0 fully saturated rings. The molecule has 3 N–H and O–H groups in total. The second-order valence-electron chi connectivity index (χ2n) is 3.33. The van der Waals surface area contributed by atoms with E-state index in [1.54, 1.807) is 10.9 Å². The molecule has 0 atom stereocenters. The number of anilines is 3. The van der Waals surface area contributed by atoms with Gasteiger partial charge in [-0.15, -0.1) is 0 Å². The van der Waals surface area contributed by atoms with Crippen LogP contribution < -0.4 is 11.1 Å². The molecule has 0 bridgehead atoms. The second kappa shape index (κ2) is 4.47. The Labute approximate surface area is 110 Å². The van der Waals surface area contributed by atoms with E-state index in [-0.39, 0.29) is 0 Å². The summed E-state index contributed by atoms with van der Waals surface area (Å²) < 4.78 is 3.57. The third-order valence-electron chi connectivity index (χ3n) is 2.06. The normalized spacial score (nSPS) is 10.4. The van der Waals surface area contributed by atoms with Gasteiger partial charge in [-0.05, 0) is 44.0 Å². The molecule has 0 aliphatic rings. The van der Waals surface area contributed by atoms with Crippen LogP contribution in [-0.2, 0) is 7.05 Å². The molecule has 2 rings (SSSR count). The van der Waals surface area contributed by atoms with E-state index in [1.807, 2.05) is 25.2 Å². The first-order chi connectivity index (χ1) is 7.58. The van der Waals surface area contributed by atoms with Crippen LogP contribution in [-0.4, -0.2) is 9.78 Å². The largest absolute Gasteiger partial charge is 0.394 e. The molecule has 0 amide bonds. The number of rotatable bonds is 2. The van der Waals surface area contributed by atoms with Crippen LogP contribution in [0.15, 0.2) is 33.3 Å². The van der Waals surface area contributed by atoms with Crippen molar-refractivity contribution in [2.75, 3.05) is 11.1 Å². The maximum Gasteiger partial charge on any atom is 0.175 e. The Morgan fingerprint density at radius 1 is 1.31 bits per heavy atom. The van der Waals surface area contributed by atoms with Crippen molar-refractivity contribution < 1.29 is 0 Å². The van der Waals surface area contributed by atoms with Gasteiger partial charge in [0.1, 0.15) is 0 Å². The summed E-state index contributed by atoms with van der Waals surface area (Å²) in [5.74, 6) is 0.648. The summed E-state index contributed by atoms with van der Waals surface area (Å²) in [6, 6.07) is 5.85. The van der Waals surface area contributed by atoms with Crippen LogP contribution in [0.3, 0.4) is 0 Å². The number of aromatic nitrogens is 2. The molecular formula is C10H10Br2N4. The Balaban J connectivity index is 2.37. The van der Waals surface area contributed by atoms with Crippen molar-refractivity contribution in [1.29, 1.82) is 0 Å². The van der Waals surface area contributed by atoms with E-state index < -0.39 is 0 Å². The lowest BCUT2D eigenvalue weighted by molar-refractivity contribution is 0.771. The van der Waals surface area contributed by atoms with Crippen molar-refractivity contribution in [3.8, 4) is 0 Å². The van der Waals surface area contributed by atoms with E-state index in [0.29, 0.717) is 11.5 Å². The summed E-state index contributed by atoms with van der Waals surface area (Å²) in [7, 11) is 1.83. The van der Waals surface area contributed by atoms with Gasteiger partial charge in [-0.3, -0.25) is 4.68 Å². The first kappa shape index (κ1) is 11.5. The molecule has 1 heterocycles. The Bertz CT molecular complexity index is 501. The van der Waals surface area contributed by atoms with Crippen molar-refractivity contribution in [2.24, 2.45) is 7.05 Å². The molecule has 1 aromatic carbocycles. The highest BCUT2D eigenvalue weighted by molar-refractivity contribution is 9.11. The molecule has 0 aliphatic carbocycles. The van der Waals surface area contributed by atoms with Crippen molar-refractivity contribution in [1.82, 2.24) is 9.78 Å². The molecule has 0 radical (unpaired) electrons. The summed E-state index contributed by atoms with van der Waals surface area (Å²) in [5, 5.41) is 7.41. The second-order valence-corrected chi connectivity index (χ2v) is 5.04. The first-order valence-electron chi connectivity index (χ1n) is 4.58. The minimum atomic E-state index is 0.616. The van der Waals surface area contributed by atoms with Crippen molar-refractivity contribution in [3.05, 3.63) is 33.3 Å². The van der Waals surface area contributed by atoms with E-state index in [1.165, 1.54) is 0 Å². The smallest absolute Gasteiger partial charge is 0.175 e. The van der Waals surface area contributed by atoms with Crippen molar-refractivity contribution in [2.45, 2.75) is 0 Å². The average molecular weight is 346 g/mol. The summed E-state index contributed by atoms with van der Waals surface area (Å²) in [6.07, 6.45) is 1.76. The number of nitrogens with two attached hydrogens (primary N) is 1. The molecule has 0 saturated carbocycles. The lowest BCUT2D eigenvalue weighted by atomic mass is 10.3. The number of para-hydroxylation sites is 1. The molecule has 4 nitrogen and oxygen atoms in total. The number of halogens is 2. The zero-order valence-electron chi connectivity index (χ0n) is 8.54. The molecule has 0 saturated heterocycles. The van der Waals surface area contributed by atoms with Gasteiger partial charge in [0, 0.05) is 22.2 Å². The standard InChI is InChI=1S/C10H10Br2N4/c1-16-5-8(13)10(15-16)14-9-6(11)3-2-4-7(9)12/h2-5H,13H2,1H3,(H,14,15). The highest BCUT2D eigenvalue weighted by Crippen LogP contribution is 2.33. The zero-order valence-corrected chi connectivity index (χ0v) is 11.7. The summed E-state index contributed by atoms with van der Waals surface area (Å²) >= 11 is 6.94. The quantitative estimate of drug-likeness (QED) is 0.878. The van der Waals surface area contributed by atoms with Gasteiger partial charge in [0.15, 0.2) is 5.82 Å². The van der Waals surface area contributed by atoms with E-state index >= 15 is 0 Å². The zero-order chi connectivity index (χ0) is 11.7. The Kier molecular flexibility index (Phi) is 3.20. The van der Waals surface area contributed by atoms with Gasteiger partial charge in [-0.25, -0.2) is 0 Å². The minimum Gasteiger partial charge on any atom is -0.394 e. The monoisotopic (exact) mass is 344 g/mol. The Hall–Kier alpha value is -1.01. The van der Waals surface area contributed by atoms with Crippen LogP contribution in [0.5, 0.6) is 0 Å². The van der Waals surface area contributed by atoms with Gasteiger partial charge in [0.25, 0.3) is 0 Å². The highest BCUT2D eigenvalue weighted by Gasteiger charge is 2.09. The number of nitrogens with one attached hydrogen (secondary N) is 1. The third-order valence-corrected chi connectivity index (χ3v) is 3.38. The molecule has 2 aromatic rings. The molecule has 0 aliphatic heterocycles. The van der Waals surface area contributed by atoms with E-state index in [4.69, 9.17) is 5.73 Å². The van der Waals surface area contributed by atoms with Crippen molar-refractivity contribution >= 4 is 49.1 Å².